The smallest absolute Gasteiger partial charge is 0.220 e. The van der Waals surface area contributed by atoms with E-state index in [9.17, 15) is 13.2 Å². The maximum Gasteiger partial charge on any atom is 0.220 e. The van der Waals surface area contributed by atoms with Crippen LogP contribution in [-0.4, -0.2) is 38.9 Å². The van der Waals surface area contributed by atoms with Crippen LogP contribution >= 0.6 is 12.4 Å². The van der Waals surface area contributed by atoms with Crippen molar-refractivity contribution in [3.63, 3.8) is 0 Å². The third kappa shape index (κ3) is 4.68. The van der Waals surface area contributed by atoms with Gasteiger partial charge in [0.25, 0.3) is 0 Å². The van der Waals surface area contributed by atoms with E-state index in [1.807, 2.05) is 12.1 Å². The Hall–Kier alpha value is -1.11. The zero-order valence-corrected chi connectivity index (χ0v) is 14.6. The summed E-state index contributed by atoms with van der Waals surface area (Å²) in [6, 6.07) is 8.43. The molecular weight excluding hydrogens is 336 g/mol. The van der Waals surface area contributed by atoms with Crippen molar-refractivity contribution in [1.29, 1.82) is 0 Å². The van der Waals surface area contributed by atoms with Gasteiger partial charge in [-0.05, 0) is 36.4 Å². The van der Waals surface area contributed by atoms with Crippen LogP contribution in [0.4, 0.5) is 0 Å². The fourth-order valence-corrected chi connectivity index (χ4v) is 5.22. The van der Waals surface area contributed by atoms with Crippen LogP contribution in [0.3, 0.4) is 0 Å². The molecule has 1 saturated heterocycles. The molecule has 1 aromatic carbocycles. The third-order valence-electron chi connectivity index (χ3n) is 4.52. The van der Waals surface area contributed by atoms with Gasteiger partial charge >= 0.3 is 0 Å². The Balaban J connectivity index is 0.00000192. The van der Waals surface area contributed by atoms with Crippen molar-refractivity contribution >= 4 is 28.2 Å². The molecule has 0 spiro atoms. The van der Waals surface area contributed by atoms with Crippen LogP contribution in [-0.2, 0) is 21.1 Å². The van der Waals surface area contributed by atoms with Crippen molar-refractivity contribution in [3.05, 3.63) is 35.4 Å². The molecule has 7 heteroatoms. The number of nitrogens with one attached hydrogen (secondary N) is 2. The Bertz CT molecular complexity index is 663. The number of carbonyl (C=O) groups is 1. The Morgan fingerprint density at radius 2 is 2.09 bits per heavy atom. The second-order valence-electron chi connectivity index (χ2n) is 6.23. The molecule has 2 aliphatic rings. The predicted molar refractivity (Wildman–Crippen MR) is 92.5 cm³/mol. The first kappa shape index (κ1) is 18.2. The molecule has 128 valence electrons. The minimum absolute atomic E-state index is 0. The second-order valence-corrected chi connectivity index (χ2v) is 8.46. The van der Waals surface area contributed by atoms with Crippen LogP contribution in [0.5, 0.6) is 0 Å². The first-order valence-corrected chi connectivity index (χ1v) is 9.64. The number of benzene rings is 1. The molecule has 1 aromatic rings. The van der Waals surface area contributed by atoms with Crippen molar-refractivity contribution in [1.82, 2.24) is 10.6 Å². The lowest BCUT2D eigenvalue weighted by atomic mass is 9.94. The summed E-state index contributed by atoms with van der Waals surface area (Å²) < 4.78 is 22.8. The van der Waals surface area contributed by atoms with Gasteiger partial charge in [0.2, 0.25) is 5.91 Å². The van der Waals surface area contributed by atoms with Gasteiger partial charge in [0.1, 0.15) is 0 Å². The zero-order chi connectivity index (χ0) is 15.6. The molecule has 5 nitrogen and oxygen atoms in total. The number of carbonyl (C=O) groups excluding carboxylic acids is 1. The normalized spacial score (nSPS) is 25.2. The van der Waals surface area contributed by atoms with Gasteiger partial charge in [0.05, 0.1) is 11.5 Å². The molecule has 0 radical (unpaired) electrons. The number of amides is 1. The van der Waals surface area contributed by atoms with Crippen molar-refractivity contribution in [2.75, 3.05) is 24.6 Å². The van der Waals surface area contributed by atoms with E-state index < -0.39 is 9.84 Å². The summed E-state index contributed by atoms with van der Waals surface area (Å²) in [5.41, 5.74) is 2.58. The molecular formula is C16H23ClN2O3S. The summed E-state index contributed by atoms with van der Waals surface area (Å²) >= 11 is 0. The topological polar surface area (TPSA) is 75.3 Å². The Kier molecular flexibility index (Phi) is 6.06. The molecule has 23 heavy (non-hydrogen) atoms. The minimum atomic E-state index is -2.91. The van der Waals surface area contributed by atoms with Gasteiger partial charge in [0.15, 0.2) is 9.84 Å². The number of rotatable bonds is 4. The van der Waals surface area contributed by atoms with Gasteiger partial charge in [-0.1, -0.05) is 24.3 Å². The highest BCUT2D eigenvalue weighted by Crippen LogP contribution is 2.23. The van der Waals surface area contributed by atoms with Crippen LogP contribution < -0.4 is 10.6 Å². The number of sulfone groups is 1. The van der Waals surface area contributed by atoms with Gasteiger partial charge in [-0.15, -0.1) is 12.4 Å². The quantitative estimate of drug-likeness (QED) is 0.849. The summed E-state index contributed by atoms with van der Waals surface area (Å²) in [6.07, 6.45) is 1.94. The van der Waals surface area contributed by atoms with Crippen molar-refractivity contribution in [2.45, 2.75) is 25.3 Å². The molecule has 2 N–H and O–H groups in total. The lowest BCUT2D eigenvalue weighted by Crippen LogP contribution is -2.39. The van der Waals surface area contributed by atoms with Gasteiger partial charge in [-0.25, -0.2) is 8.42 Å². The van der Waals surface area contributed by atoms with Crippen LogP contribution in [0.15, 0.2) is 24.3 Å². The van der Waals surface area contributed by atoms with E-state index in [1.54, 1.807) is 0 Å². The summed E-state index contributed by atoms with van der Waals surface area (Å²) in [7, 11) is -2.91. The number of halogens is 1. The fourth-order valence-electron chi connectivity index (χ4n) is 3.36. The average Bonchev–Trinajstić information content (AvgIpc) is 2.84. The monoisotopic (exact) mass is 358 g/mol. The van der Waals surface area contributed by atoms with Crippen LogP contribution in [0.25, 0.3) is 0 Å². The first-order chi connectivity index (χ1) is 10.5. The Morgan fingerprint density at radius 3 is 2.83 bits per heavy atom. The average molecular weight is 359 g/mol. The largest absolute Gasteiger partial charge is 0.354 e. The number of hydrogen-bond donors (Lipinski definition) is 2. The maximum absolute atomic E-state index is 12.0. The van der Waals surface area contributed by atoms with E-state index in [0.717, 1.165) is 13.0 Å². The van der Waals surface area contributed by atoms with Crippen molar-refractivity contribution in [3.8, 4) is 0 Å². The molecule has 3 rings (SSSR count). The molecule has 0 aliphatic carbocycles. The standard InChI is InChI=1S/C16H22N2O3S.ClH/c19-16(9-12-6-8-22(20,21)11-12)18-10-15-14-4-2-1-3-13(14)5-7-17-15;/h1-4,12,15,17H,5-11H2,(H,18,19);1H. The molecule has 1 amide bonds. The van der Waals surface area contributed by atoms with Gasteiger partial charge < -0.3 is 10.6 Å². The molecule has 1 fully saturated rings. The molecule has 0 bridgehead atoms. The zero-order valence-electron chi connectivity index (χ0n) is 13.0. The van der Waals surface area contributed by atoms with Gasteiger partial charge in [0, 0.05) is 19.0 Å². The molecule has 0 saturated carbocycles. The predicted octanol–water partition coefficient (Wildman–Crippen LogP) is 1.24. The molecule has 2 atom stereocenters. The summed E-state index contributed by atoms with van der Waals surface area (Å²) in [5.74, 6) is 0.316. The first-order valence-electron chi connectivity index (χ1n) is 7.82. The summed E-state index contributed by atoms with van der Waals surface area (Å²) in [5, 5.41) is 6.38. The highest BCUT2D eigenvalue weighted by Gasteiger charge is 2.29. The van der Waals surface area contributed by atoms with Gasteiger partial charge in [-0.2, -0.15) is 0 Å². The van der Waals surface area contributed by atoms with Crippen LogP contribution in [0.2, 0.25) is 0 Å². The summed E-state index contributed by atoms with van der Waals surface area (Å²) in [4.78, 5) is 12.0. The third-order valence-corrected chi connectivity index (χ3v) is 6.36. The maximum atomic E-state index is 12.0. The highest BCUT2D eigenvalue weighted by molar-refractivity contribution is 7.91. The Morgan fingerprint density at radius 1 is 1.30 bits per heavy atom. The molecule has 2 unspecified atom stereocenters. The van der Waals surface area contributed by atoms with E-state index in [1.165, 1.54) is 11.1 Å². The summed E-state index contributed by atoms with van der Waals surface area (Å²) in [6.45, 7) is 1.47. The van der Waals surface area contributed by atoms with Crippen molar-refractivity contribution < 1.29 is 13.2 Å². The van der Waals surface area contributed by atoms with Crippen LogP contribution in [0.1, 0.15) is 30.0 Å². The Labute approximate surface area is 143 Å². The molecule has 2 heterocycles. The minimum Gasteiger partial charge on any atom is -0.354 e. The van der Waals surface area contributed by atoms with E-state index in [2.05, 4.69) is 22.8 Å². The molecule has 0 aromatic heterocycles. The molecule has 2 aliphatic heterocycles. The van der Waals surface area contributed by atoms with Crippen LogP contribution in [0, 0.1) is 5.92 Å². The lowest BCUT2D eigenvalue weighted by molar-refractivity contribution is -0.121. The highest BCUT2D eigenvalue weighted by atomic mass is 35.5. The fraction of sp³-hybridized carbons (Fsp3) is 0.562. The lowest BCUT2D eigenvalue weighted by Gasteiger charge is -2.27. The van der Waals surface area contributed by atoms with E-state index >= 15 is 0 Å². The van der Waals surface area contributed by atoms with E-state index in [4.69, 9.17) is 0 Å². The van der Waals surface area contributed by atoms with Crippen molar-refractivity contribution in [2.24, 2.45) is 5.92 Å². The second kappa shape index (κ2) is 7.64. The van der Waals surface area contributed by atoms with Gasteiger partial charge in [-0.3, -0.25) is 4.79 Å². The number of hydrogen-bond acceptors (Lipinski definition) is 4. The van der Waals surface area contributed by atoms with E-state index in [-0.39, 0.29) is 41.8 Å². The van der Waals surface area contributed by atoms with E-state index in [0.29, 0.717) is 19.4 Å². The SMILES string of the molecule is Cl.O=C(CC1CCS(=O)(=O)C1)NCC1NCCc2ccccc21. The number of fused-ring (bicyclic) bond motifs is 1.